The molecule has 3 N–H and O–H groups in total. The number of nitrogens with one attached hydrogen (secondary N) is 1. The molecule has 0 spiro atoms. The van der Waals surface area contributed by atoms with Crippen molar-refractivity contribution in [1.29, 1.82) is 0 Å². The second-order valence-corrected chi connectivity index (χ2v) is 6.95. The van der Waals surface area contributed by atoms with E-state index >= 15 is 0 Å². The largest absolute Gasteiger partial charge is 0.368 e. The van der Waals surface area contributed by atoms with Gasteiger partial charge < -0.3 is 11.1 Å². The quantitative estimate of drug-likeness (QED) is 0.754. The number of aromatic nitrogens is 2. The molecule has 118 valence electrons. The fraction of sp³-hybridized carbons (Fsp3) is 0.733. The molecular weight excluding hydrogens is 284 g/mol. The fourth-order valence-electron chi connectivity index (χ4n) is 3.46. The van der Waals surface area contributed by atoms with Crippen LogP contribution in [-0.4, -0.2) is 33.5 Å². The van der Waals surface area contributed by atoms with Gasteiger partial charge >= 0.3 is 0 Å². The first kappa shape index (κ1) is 16.4. The van der Waals surface area contributed by atoms with Crippen molar-refractivity contribution in [3.63, 3.8) is 0 Å². The maximum absolute atomic E-state index is 12.0. The first-order valence-electron chi connectivity index (χ1n) is 7.68. The topological polar surface area (TPSA) is 72.9 Å². The lowest BCUT2D eigenvalue weighted by Crippen LogP contribution is -2.57. The molecule has 1 aromatic rings. The van der Waals surface area contributed by atoms with E-state index in [1.54, 1.807) is 11.8 Å². The Labute approximate surface area is 131 Å². The van der Waals surface area contributed by atoms with Crippen LogP contribution in [0.5, 0.6) is 0 Å². The van der Waals surface area contributed by atoms with E-state index in [4.69, 9.17) is 5.73 Å². The van der Waals surface area contributed by atoms with E-state index in [-0.39, 0.29) is 5.91 Å². The van der Waals surface area contributed by atoms with Crippen LogP contribution in [0.15, 0.2) is 11.1 Å². The number of rotatable bonds is 7. The van der Waals surface area contributed by atoms with Gasteiger partial charge in [-0.25, -0.2) is 0 Å². The molecule has 0 saturated heterocycles. The molecule has 1 aromatic heterocycles. The van der Waals surface area contributed by atoms with E-state index in [0.29, 0.717) is 5.92 Å². The minimum absolute atomic E-state index is 0.187. The monoisotopic (exact) mass is 310 g/mol. The van der Waals surface area contributed by atoms with E-state index < -0.39 is 5.54 Å². The number of likely N-dealkylation sites (N-methyl/N-ethyl adjacent to an activating group) is 1. The Morgan fingerprint density at radius 2 is 2.43 bits per heavy atom. The standard InChI is InChI=1S/C15H26N4OS/c1-4-17-15(14(16)20)8-5-6-12(15)7-9-21-13-10-11(2)18-19(13)3/h10,12,17H,4-9H2,1-3H3,(H2,16,20). The molecule has 0 aliphatic heterocycles. The van der Waals surface area contributed by atoms with Crippen LogP contribution >= 0.6 is 11.8 Å². The van der Waals surface area contributed by atoms with E-state index in [1.807, 2.05) is 25.6 Å². The van der Waals surface area contributed by atoms with Crippen molar-refractivity contribution in [3.05, 3.63) is 11.8 Å². The zero-order chi connectivity index (χ0) is 15.5. The van der Waals surface area contributed by atoms with Gasteiger partial charge in [-0.3, -0.25) is 9.48 Å². The molecule has 1 aliphatic carbocycles. The Morgan fingerprint density at radius 3 is 3.00 bits per heavy atom. The van der Waals surface area contributed by atoms with Crippen LogP contribution in [0.1, 0.15) is 38.3 Å². The number of hydrogen-bond donors (Lipinski definition) is 2. The third-order valence-electron chi connectivity index (χ3n) is 4.43. The van der Waals surface area contributed by atoms with Gasteiger partial charge in [-0.1, -0.05) is 13.3 Å². The molecule has 2 atom stereocenters. The normalized spacial score (nSPS) is 25.4. The van der Waals surface area contributed by atoms with Crippen LogP contribution in [0.2, 0.25) is 0 Å². The molecule has 0 radical (unpaired) electrons. The number of nitrogens with two attached hydrogens (primary N) is 1. The lowest BCUT2D eigenvalue weighted by molar-refractivity contribution is -0.125. The maximum atomic E-state index is 12.0. The molecule has 1 heterocycles. The van der Waals surface area contributed by atoms with Gasteiger partial charge in [0.15, 0.2) is 0 Å². The summed E-state index contributed by atoms with van der Waals surface area (Å²) in [6.07, 6.45) is 4.04. The zero-order valence-corrected chi connectivity index (χ0v) is 14.0. The lowest BCUT2D eigenvalue weighted by Gasteiger charge is -2.33. The number of amides is 1. The number of nitrogens with zero attached hydrogens (tertiary/aromatic N) is 2. The van der Waals surface area contributed by atoms with E-state index in [0.717, 1.165) is 43.7 Å². The molecular formula is C15H26N4OS. The van der Waals surface area contributed by atoms with Gasteiger partial charge in [0.2, 0.25) is 5.91 Å². The Balaban J connectivity index is 1.95. The summed E-state index contributed by atoms with van der Waals surface area (Å²) in [5, 5.41) is 8.91. The van der Waals surface area contributed by atoms with Crippen LogP contribution < -0.4 is 11.1 Å². The summed E-state index contributed by atoms with van der Waals surface area (Å²) in [6, 6.07) is 2.10. The second kappa shape index (κ2) is 6.83. The summed E-state index contributed by atoms with van der Waals surface area (Å²) in [5.41, 5.74) is 6.25. The van der Waals surface area contributed by atoms with Crippen molar-refractivity contribution in [1.82, 2.24) is 15.1 Å². The highest BCUT2D eigenvalue weighted by Crippen LogP contribution is 2.39. The summed E-state index contributed by atoms with van der Waals surface area (Å²) >= 11 is 1.81. The van der Waals surface area contributed by atoms with E-state index in [1.165, 1.54) is 5.03 Å². The van der Waals surface area contributed by atoms with Crippen LogP contribution in [0, 0.1) is 12.8 Å². The molecule has 0 bridgehead atoms. The molecule has 1 aliphatic rings. The van der Waals surface area contributed by atoms with Gasteiger partial charge in [0, 0.05) is 7.05 Å². The van der Waals surface area contributed by atoms with Gasteiger partial charge in [0.25, 0.3) is 0 Å². The molecule has 6 heteroatoms. The number of carbonyl (C=O) groups excluding carboxylic acids is 1. The number of thioether (sulfide) groups is 1. The molecule has 0 aromatic carbocycles. The summed E-state index contributed by atoms with van der Waals surface area (Å²) < 4.78 is 1.92. The average molecular weight is 310 g/mol. The highest BCUT2D eigenvalue weighted by molar-refractivity contribution is 7.99. The number of hydrogen-bond acceptors (Lipinski definition) is 4. The second-order valence-electron chi connectivity index (χ2n) is 5.84. The summed E-state index contributed by atoms with van der Waals surface area (Å²) in [4.78, 5) is 12.0. The van der Waals surface area contributed by atoms with Gasteiger partial charge in [-0.15, -0.1) is 11.8 Å². The van der Waals surface area contributed by atoms with Gasteiger partial charge in [0.1, 0.15) is 5.54 Å². The van der Waals surface area contributed by atoms with Crippen molar-refractivity contribution in [2.75, 3.05) is 12.3 Å². The van der Waals surface area contributed by atoms with Crippen LogP contribution in [0.3, 0.4) is 0 Å². The highest BCUT2D eigenvalue weighted by Gasteiger charge is 2.46. The van der Waals surface area contributed by atoms with Gasteiger partial charge in [0.05, 0.1) is 10.7 Å². The predicted molar refractivity (Wildman–Crippen MR) is 86.2 cm³/mol. The van der Waals surface area contributed by atoms with Crippen LogP contribution in [0.4, 0.5) is 0 Å². The van der Waals surface area contributed by atoms with E-state index in [2.05, 4.69) is 16.5 Å². The molecule has 5 nitrogen and oxygen atoms in total. The minimum atomic E-state index is -0.488. The Kier molecular flexibility index (Phi) is 5.32. The van der Waals surface area contributed by atoms with E-state index in [9.17, 15) is 4.79 Å². The zero-order valence-electron chi connectivity index (χ0n) is 13.2. The third kappa shape index (κ3) is 3.43. The first-order valence-corrected chi connectivity index (χ1v) is 8.66. The van der Waals surface area contributed by atoms with Crippen molar-refractivity contribution >= 4 is 17.7 Å². The SMILES string of the molecule is CCNC1(C(N)=O)CCCC1CCSc1cc(C)nn1C. The number of carbonyl (C=O) groups is 1. The highest BCUT2D eigenvalue weighted by atomic mass is 32.2. The molecule has 2 unspecified atom stereocenters. The number of aryl methyl sites for hydroxylation is 2. The van der Waals surface area contributed by atoms with Crippen molar-refractivity contribution in [3.8, 4) is 0 Å². The predicted octanol–water partition coefficient (Wildman–Crippen LogP) is 1.84. The molecule has 1 amide bonds. The lowest BCUT2D eigenvalue weighted by atomic mass is 9.84. The van der Waals surface area contributed by atoms with Crippen LogP contribution in [0.25, 0.3) is 0 Å². The molecule has 1 fully saturated rings. The molecule has 21 heavy (non-hydrogen) atoms. The van der Waals surface area contributed by atoms with Gasteiger partial charge in [-0.2, -0.15) is 5.10 Å². The molecule has 1 saturated carbocycles. The third-order valence-corrected chi connectivity index (χ3v) is 5.55. The summed E-state index contributed by atoms with van der Waals surface area (Å²) in [7, 11) is 1.97. The Morgan fingerprint density at radius 1 is 1.67 bits per heavy atom. The minimum Gasteiger partial charge on any atom is -0.368 e. The summed E-state index contributed by atoms with van der Waals surface area (Å²) in [6.45, 7) is 4.82. The van der Waals surface area contributed by atoms with Crippen molar-refractivity contribution < 1.29 is 4.79 Å². The van der Waals surface area contributed by atoms with Gasteiger partial charge in [-0.05, 0) is 50.5 Å². The van der Waals surface area contributed by atoms with Crippen molar-refractivity contribution in [2.45, 2.75) is 50.1 Å². The summed E-state index contributed by atoms with van der Waals surface area (Å²) in [5.74, 6) is 1.15. The van der Waals surface area contributed by atoms with Crippen LogP contribution in [-0.2, 0) is 11.8 Å². The Hall–Kier alpha value is -1.01. The average Bonchev–Trinajstić information content (AvgIpc) is 2.95. The number of primary amides is 1. The molecule has 2 rings (SSSR count). The van der Waals surface area contributed by atoms with Crippen molar-refractivity contribution in [2.24, 2.45) is 18.7 Å². The fourth-order valence-corrected chi connectivity index (χ4v) is 4.55. The smallest absolute Gasteiger partial charge is 0.238 e. The Bertz CT molecular complexity index is 502. The first-order chi connectivity index (χ1) is 9.99. The maximum Gasteiger partial charge on any atom is 0.238 e.